The SMILES string of the molecule is CCOC(=O)CC(C)S(=O)(=O)c1ccc(Br)cc1C. The van der Waals surface area contributed by atoms with Gasteiger partial charge >= 0.3 is 5.97 Å². The summed E-state index contributed by atoms with van der Waals surface area (Å²) in [5, 5.41) is -0.800. The third-order valence-electron chi connectivity index (χ3n) is 2.73. The minimum atomic E-state index is -3.52. The molecule has 0 saturated heterocycles. The molecule has 0 amide bonds. The summed E-state index contributed by atoms with van der Waals surface area (Å²) in [6.45, 7) is 5.20. The highest BCUT2D eigenvalue weighted by Crippen LogP contribution is 2.24. The normalized spacial score (nSPS) is 13.1. The van der Waals surface area contributed by atoms with E-state index in [4.69, 9.17) is 4.74 Å². The van der Waals surface area contributed by atoms with Crippen molar-refractivity contribution in [2.75, 3.05) is 6.61 Å². The first-order valence-corrected chi connectivity index (χ1v) is 8.28. The quantitative estimate of drug-likeness (QED) is 0.767. The van der Waals surface area contributed by atoms with Crippen molar-refractivity contribution in [3.63, 3.8) is 0 Å². The molecule has 1 aromatic rings. The predicted octanol–water partition coefficient (Wildman–Crippen LogP) is 2.87. The Morgan fingerprint density at radius 1 is 1.42 bits per heavy atom. The molecule has 106 valence electrons. The zero-order valence-electron chi connectivity index (χ0n) is 11.1. The van der Waals surface area contributed by atoms with E-state index in [9.17, 15) is 13.2 Å². The standard InChI is InChI=1S/C13H17BrO4S/c1-4-18-13(15)8-10(3)19(16,17)12-6-5-11(14)7-9(12)2/h5-7,10H,4,8H2,1-3H3. The van der Waals surface area contributed by atoms with Crippen LogP contribution in [0.3, 0.4) is 0 Å². The molecule has 0 fully saturated rings. The van der Waals surface area contributed by atoms with Crippen molar-refractivity contribution in [3.05, 3.63) is 28.2 Å². The van der Waals surface area contributed by atoms with Gasteiger partial charge in [-0.2, -0.15) is 0 Å². The number of halogens is 1. The van der Waals surface area contributed by atoms with Gasteiger partial charge in [0.25, 0.3) is 0 Å². The van der Waals surface area contributed by atoms with Gasteiger partial charge in [-0.3, -0.25) is 4.79 Å². The third-order valence-corrected chi connectivity index (χ3v) is 5.52. The Balaban J connectivity index is 3.00. The largest absolute Gasteiger partial charge is 0.466 e. The highest BCUT2D eigenvalue weighted by Gasteiger charge is 2.27. The Bertz CT molecular complexity index is 566. The number of carbonyl (C=O) groups is 1. The molecule has 0 spiro atoms. The van der Waals surface area contributed by atoms with E-state index in [1.165, 1.54) is 6.92 Å². The summed E-state index contributed by atoms with van der Waals surface area (Å²) in [7, 11) is -3.52. The molecule has 0 aromatic heterocycles. The number of esters is 1. The summed E-state index contributed by atoms with van der Waals surface area (Å²) < 4.78 is 30.4. The number of benzene rings is 1. The first kappa shape index (κ1) is 16.2. The molecule has 1 rings (SSSR count). The number of carbonyl (C=O) groups excluding carboxylic acids is 1. The van der Waals surface area contributed by atoms with Gasteiger partial charge in [0.05, 0.1) is 23.2 Å². The van der Waals surface area contributed by atoms with E-state index in [1.807, 2.05) is 0 Å². The van der Waals surface area contributed by atoms with Crippen LogP contribution in [0.15, 0.2) is 27.6 Å². The van der Waals surface area contributed by atoms with Crippen LogP contribution in [0.5, 0.6) is 0 Å². The van der Waals surface area contributed by atoms with Crippen LogP contribution >= 0.6 is 15.9 Å². The lowest BCUT2D eigenvalue weighted by Crippen LogP contribution is -2.23. The topological polar surface area (TPSA) is 60.4 Å². The van der Waals surface area contributed by atoms with E-state index in [0.717, 1.165) is 4.47 Å². The second-order valence-electron chi connectivity index (χ2n) is 4.27. The fourth-order valence-electron chi connectivity index (χ4n) is 1.71. The van der Waals surface area contributed by atoms with Crippen molar-refractivity contribution in [1.29, 1.82) is 0 Å². The van der Waals surface area contributed by atoms with Crippen molar-refractivity contribution in [3.8, 4) is 0 Å². The number of rotatable bonds is 5. The highest BCUT2D eigenvalue weighted by atomic mass is 79.9. The molecule has 1 aromatic carbocycles. The molecule has 0 heterocycles. The van der Waals surface area contributed by atoms with Crippen LogP contribution in [0.2, 0.25) is 0 Å². The molecule has 1 atom stereocenters. The van der Waals surface area contributed by atoms with Gasteiger partial charge in [-0.15, -0.1) is 0 Å². The number of hydrogen-bond donors (Lipinski definition) is 0. The number of ether oxygens (including phenoxy) is 1. The summed E-state index contributed by atoms with van der Waals surface area (Å²) in [4.78, 5) is 11.6. The van der Waals surface area contributed by atoms with Crippen LogP contribution in [0.4, 0.5) is 0 Å². The smallest absolute Gasteiger partial charge is 0.307 e. The number of sulfone groups is 1. The lowest BCUT2D eigenvalue weighted by Gasteiger charge is -2.14. The Labute approximate surface area is 122 Å². The van der Waals surface area contributed by atoms with E-state index in [1.54, 1.807) is 32.0 Å². The van der Waals surface area contributed by atoms with Gasteiger partial charge in [-0.25, -0.2) is 8.42 Å². The second kappa shape index (κ2) is 6.52. The molecule has 1 unspecified atom stereocenters. The summed E-state index contributed by atoms with van der Waals surface area (Å²) in [6.07, 6.45) is -0.133. The lowest BCUT2D eigenvalue weighted by atomic mass is 10.2. The van der Waals surface area contributed by atoms with Gasteiger partial charge < -0.3 is 4.74 Å². The number of aryl methyl sites for hydroxylation is 1. The van der Waals surface area contributed by atoms with Crippen molar-refractivity contribution >= 4 is 31.7 Å². The molecule has 4 nitrogen and oxygen atoms in total. The maximum atomic E-state index is 12.4. The van der Waals surface area contributed by atoms with Gasteiger partial charge in [0.1, 0.15) is 0 Å². The predicted molar refractivity (Wildman–Crippen MR) is 76.8 cm³/mol. The maximum absolute atomic E-state index is 12.4. The van der Waals surface area contributed by atoms with E-state index < -0.39 is 21.1 Å². The Morgan fingerprint density at radius 3 is 2.58 bits per heavy atom. The van der Waals surface area contributed by atoms with E-state index in [2.05, 4.69) is 15.9 Å². The monoisotopic (exact) mass is 348 g/mol. The van der Waals surface area contributed by atoms with Crippen LogP contribution in [0.1, 0.15) is 25.8 Å². The van der Waals surface area contributed by atoms with Gasteiger partial charge in [0.2, 0.25) is 0 Å². The van der Waals surface area contributed by atoms with Crippen LogP contribution in [-0.4, -0.2) is 26.2 Å². The fraction of sp³-hybridized carbons (Fsp3) is 0.462. The van der Waals surface area contributed by atoms with Crippen LogP contribution in [0, 0.1) is 6.92 Å². The molecule has 0 radical (unpaired) electrons. The van der Waals surface area contributed by atoms with Gasteiger partial charge in [-0.1, -0.05) is 15.9 Å². The van der Waals surface area contributed by atoms with E-state index >= 15 is 0 Å². The molecule has 0 aliphatic heterocycles. The van der Waals surface area contributed by atoms with Crippen molar-refractivity contribution in [2.24, 2.45) is 0 Å². The minimum absolute atomic E-state index is 0.133. The van der Waals surface area contributed by atoms with Crippen molar-refractivity contribution in [2.45, 2.75) is 37.3 Å². The average Bonchev–Trinajstić information content (AvgIpc) is 2.28. The maximum Gasteiger partial charge on any atom is 0.307 e. The Hall–Kier alpha value is -0.880. The highest BCUT2D eigenvalue weighted by molar-refractivity contribution is 9.10. The van der Waals surface area contributed by atoms with Gasteiger partial charge in [0, 0.05) is 4.47 Å². The summed E-state index contributed by atoms with van der Waals surface area (Å²) >= 11 is 3.29. The summed E-state index contributed by atoms with van der Waals surface area (Å²) in [5.41, 5.74) is 0.657. The third kappa shape index (κ3) is 4.04. The van der Waals surface area contributed by atoms with E-state index in [0.29, 0.717) is 5.56 Å². The zero-order chi connectivity index (χ0) is 14.6. The van der Waals surface area contributed by atoms with E-state index in [-0.39, 0.29) is 17.9 Å². The summed E-state index contributed by atoms with van der Waals surface area (Å²) in [5.74, 6) is -0.492. The molecule has 0 aliphatic carbocycles. The number of hydrogen-bond acceptors (Lipinski definition) is 4. The molecule has 0 saturated carbocycles. The zero-order valence-corrected chi connectivity index (χ0v) is 13.5. The second-order valence-corrected chi connectivity index (χ2v) is 7.52. The van der Waals surface area contributed by atoms with Gasteiger partial charge in [-0.05, 0) is 44.5 Å². The van der Waals surface area contributed by atoms with Crippen LogP contribution in [0.25, 0.3) is 0 Å². The molecular weight excluding hydrogens is 332 g/mol. The van der Waals surface area contributed by atoms with Crippen molar-refractivity contribution < 1.29 is 17.9 Å². The molecule has 19 heavy (non-hydrogen) atoms. The molecular formula is C13H17BrO4S. The summed E-state index contributed by atoms with van der Waals surface area (Å²) in [6, 6.07) is 4.97. The Morgan fingerprint density at radius 2 is 2.05 bits per heavy atom. The molecule has 0 bridgehead atoms. The Kier molecular flexibility index (Phi) is 5.55. The minimum Gasteiger partial charge on any atom is -0.466 e. The van der Waals surface area contributed by atoms with Gasteiger partial charge in [0.15, 0.2) is 9.84 Å². The first-order chi connectivity index (χ1) is 8.78. The van der Waals surface area contributed by atoms with Crippen LogP contribution < -0.4 is 0 Å². The molecule has 0 aliphatic rings. The fourth-order valence-corrected chi connectivity index (χ4v) is 3.74. The molecule has 6 heteroatoms. The van der Waals surface area contributed by atoms with Crippen molar-refractivity contribution in [1.82, 2.24) is 0 Å². The van der Waals surface area contributed by atoms with Crippen LogP contribution in [-0.2, 0) is 19.4 Å². The first-order valence-electron chi connectivity index (χ1n) is 5.94. The molecule has 0 N–H and O–H groups in total. The lowest BCUT2D eigenvalue weighted by molar-refractivity contribution is -0.143. The average molecular weight is 349 g/mol.